The summed E-state index contributed by atoms with van der Waals surface area (Å²) in [5.41, 5.74) is -1.18. The van der Waals surface area contributed by atoms with E-state index in [9.17, 15) is 26.7 Å². The van der Waals surface area contributed by atoms with Crippen LogP contribution >= 0.6 is 15.9 Å². The predicted octanol–water partition coefficient (Wildman–Crippen LogP) is 3.73. The van der Waals surface area contributed by atoms with Crippen LogP contribution in [0.2, 0.25) is 0 Å². The van der Waals surface area contributed by atoms with Crippen LogP contribution in [0.4, 0.5) is 18.9 Å². The Labute approximate surface area is 203 Å². The van der Waals surface area contributed by atoms with Gasteiger partial charge in [-0.3, -0.25) is 9.62 Å². The molecule has 2 N–H and O–H groups in total. The van der Waals surface area contributed by atoms with Gasteiger partial charge >= 0.3 is 6.18 Å². The average molecular weight is 569 g/mol. The number of anilines is 1. The molecule has 3 rings (SSSR count). The molecule has 2 atom stereocenters. The predicted molar refractivity (Wildman–Crippen MR) is 122 cm³/mol. The molecule has 0 aliphatic carbocycles. The minimum absolute atomic E-state index is 0.128. The second-order valence-corrected chi connectivity index (χ2v) is 10.1. The van der Waals surface area contributed by atoms with Gasteiger partial charge in [-0.25, -0.2) is 8.42 Å². The molecule has 1 aliphatic heterocycles. The van der Waals surface area contributed by atoms with Crippen molar-refractivity contribution in [3.8, 4) is 17.2 Å². The molecule has 0 spiro atoms. The van der Waals surface area contributed by atoms with E-state index < -0.39 is 39.7 Å². The van der Waals surface area contributed by atoms with Gasteiger partial charge in [0.1, 0.15) is 16.7 Å². The third-order valence-electron chi connectivity index (χ3n) is 5.49. The molecule has 188 valence electrons. The van der Waals surface area contributed by atoms with Crippen molar-refractivity contribution in [2.75, 3.05) is 39.1 Å². The average Bonchev–Trinajstić information content (AvgIpc) is 3.11. The largest absolute Gasteiger partial charge is 0.493 e. The Bertz CT molecular complexity index is 1150. The summed E-state index contributed by atoms with van der Waals surface area (Å²) < 4.78 is 85.3. The quantitative estimate of drug-likeness (QED) is 0.500. The Morgan fingerprint density at radius 3 is 2.38 bits per heavy atom. The molecular formula is C21H24BrF3N2O6S. The van der Waals surface area contributed by atoms with Gasteiger partial charge in [0.05, 0.1) is 38.1 Å². The summed E-state index contributed by atoms with van der Waals surface area (Å²) in [6, 6.07) is 4.90. The van der Waals surface area contributed by atoms with Crippen molar-refractivity contribution in [3.05, 3.63) is 40.4 Å². The van der Waals surface area contributed by atoms with Crippen LogP contribution in [0, 0.1) is 0 Å². The smallest absolute Gasteiger partial charge is 0.419 e. The van der Waals surface area contributed by atoms with Gasteiger partial charge in [-0.1, -0.05) is 0 Å². The number of benzene rings is 2. The van der Waals surface area contributed by atoms with Crippen molar-refractivity contribution in [1.82, 2.24) is 4.90 Å². The van der Waals surface area contributed by atoms with E-state index in [-0.39, 0.29) is 27.4 Å². The Morgan fingerprint density at radius 1 is 1.15 bits per heavy atom. The monoisotopic (exact) mass is 568 g/mol. The van der Waals surface area contributed by atoms with E-state index in [1.807, 2.05) is 0 Å². The number of rotatable bonds is 8. The number of likely N-dealkylation sites (N-methyl/N-ethyl adjacent to an activating group) is 1. The number of halogens is 4. The van der Waals surface area contributed by atoms with Crippen LogP contribution in [-0.2, 0) is 16.2 Å². The summed E-state index contributed by atoms with van der Waals surface area (Å²) in [4.78, 5) is 1.59. The standard InChI is InChI=1S/C21H24BrF3N2O6S/c1-27-7-6-16(15(27)11-28)33-17-8-12(4-5-13(17)21(23,24)25)26-34(29,30)20-10-19(32-3)18(31-2)9-14(20)22/h4-5,8-10,15-16,26,28H,6-7,11H2,1-3H3/t15-,16-/m1/s1. The zero-order valence-corrected chi connectivity index (χ0v) is 20.9. The lowest BCUT2D eigenvalue weighted by Crippen LogP contribution is -2.38. The third-order valence-corrected chi connectivity index (χ3v) is 7.83. The first-order chi connectivity index (χ1) is 15.9. The number of hydrogen-bond donors (Lipinski definition) is 2. The lowest BCUT2D eigenvalue weighted by molar-refractivity contribution is -0.139. The van der Waals surface area contributed by atoms with Crippen LogP contribution in [0.25, 0.3) is 0 Å². The van der Waals surface area contributed by atoms with E-state index in [1.165, 1.54) is 26.4 Å². The van der Waals surface area contributed by atoms with Crippen molar-refractivity contribution < 1.29 is 40.9 Å². The van der Waals surface area contributed by atoms with Gasteiger partial charge in [-0.05, 0) is 47.6 Å². The number of nitrogens with zero attached hydrogens (tertiary/aromatic N) is 1. The molecule has 2 aromatic rings. The molecule has 1 fully saturated rings. The van der Waals surface area contributed by atoms with Crippen LogP contribution in [0.5, 0.6) is 17.2 Å². The molecule has 1 aliphatic rings. The van der Waals surface area contributed by atoms with Crippen molar-refractivity contribution >= 4 is 31.6 Å². The number of methoxy groups -OCH3 is 2. The molecule has 0 radical (unpaired) electrons. The van der Waals surface area contributed by atoms with E-state index >= 15 is 0 Å². The molecule has 0 bridgehead atoms. The number of aliphatic hydroxyl groups excluding tert-OH is 1. The first kappa shape index (κ1) is 26.4. The molecule has 13 heteroatoms. The van der Waals surface area contributed by atoms with Crippen molar-refractivity contribution in [3.63, 3.8) is 0 Å². The second kappa shape index (κ2) is 10.2. The number of hydrogen-bond acceptors (Lipinski definition) is 7. The molecule has 34 heavy (non-hydrogen) atoms. The summed E-state index contributed by atoms with van der Waals surface area (Å²) in [5.74, 6) is -0.0840. The van der Waals surface area contributed by atoms with Crippen molar-refractivity contribution in [1.29, 1.82) is 0 Å². The SMILES string of the molecule is COc1cc(Br)c(S(=O)(=O)Nc2ccc(C(F)(F)F)c(O[C@@H]3CCN(C)[C@@H]3CO)c2)cc1OC. The summed E-state index contributed by atoms with van der Waals surface area (Å²) in [7, 11) is 0.236. The number of sulfonamides is 1. The number of nitrogens with one attached hydrogen (secondary N) is 1. The van der Waals surface area contributed by atoms with E-state index in [1.54, 1.807) is 11.9 Å². The Hall–Kier alpha value is -2.22. The van der Waals surface area contributed by atoms with Crippen LogP contribution in [0.15, 0.2) is 39.7 Å². The Balaban J connectivity index is 1.97. The number of aliphatic hydroxyl groups is 1. The highest BCUT2D eigenvalue weighted by Crippen LogP contribution is 2.40. The Kier molecular flexibility index (Phi) is 7.90. The third kappa shape index (κ3) is 5.53. The lowest BCUT2D eigenvalue weighted by Gasteiger charge is -2.25. The number of likely N-dealkylation sites (tertiary alicyclic amines) is 1. The number of ether oxygens (including phenoxy) is 3. The Morgan fingerprint density at radius 2 is 1.79 bits per heavy atom. The maximum atomic E-state index is 13.6. The minimum Gasteiger partial charge on any atom is -0.493 e. The van der Waals surface area contributed by atoms with Crippen LogP contribution < -0.4 is 18.9 Å². The second-order valence-electron chi connectivity index (χ2n) is 7.63. The van der Waals surface area contributed by atoms with Gasteiger partial charge in [0.25, 0.3) is 10.0 Å². The molecule has 1 heterocycles. The van der Waals surface area contributed by atoms with Gasteiger partial charge in [0.2, 0.25) is 0 Å². The topological polar surface area (TPSA) is 97.3 Å². The van der Waals surface area contributed by atoms with Gasteiger partial charge < -0.3 is 19.3 Å². The molecule has 0 aromatic heterocycles. The van der Waals surface area contributed by atoms with E-state index in [0.29, 0.717) is 18.7 Å². The fourth-order valence-corrected chi connectivity index (χ4v) is 5.79. The van der Waals surface area contributed by atoms with E-state index in [0.717, 1.165) is 18.2 Å². The first-order valence-corrected chi connectivity index (χ1v) is 12.3. The summed E-state index contributed by atoms with van der Waals surface area (Å²) in [5, 5.41) is 9.59. The normalized spacial score (nSPS) is 19.2. The highest BCUT2D eigenvalue weighted by atomic mass is 79.9. The summed E-state index contributed by atoms with van der Waals surface area (Å²) >= 11 is 3.17. The molecule has 0 unspecified atom stereocenters. The zero-order chi connectivity index (χ0) is 25.3. The summed E-state index contributed by atoms with van der Waals surface area (Å²) in [6.45, 7) is 0.249. The fraction of sp³-hybridized carbons (Fsp3) is 0.429. The highest BCUT2D eigenvalue weighted by Gasteiger charge is 2.38. The first-order valence-electron chi connectivity index (χ1n) is 10.0. The fourth-order valence-electron chi connectivity index (χ4n) is 3.70. The lowest BCUT2D eigenvalue weighted by atomic mass is 10.1. The van der Waals surface area contributed by atoms with Crippen LogP contribution in [0.3, 0.4) is 0 Å². The number of alkyl halides is 3. The van der Waals surface area contributed by atoms with Gasteiger partial charge in [-0.15, -0.1) is 0 Å². The van der Waals surface area contributed by atoms with Crippen molar-refractivity contribution in [2.24, 2.45) is 0 Å². The van der Waals surface area contributed by atoms with Gasteiger partial charge in [0, 0.05) is 23.2 Å². The summed E-state index contributed by atoms with van der Waals surface area (Å²) in [6.07, 6.45) is -5.01. The molecule has 2 aromatic carbocycles. The van der Waals surface area contributed by atoms with E-state index in [2.05, 4.69) is 20.7 Å². The van der Waals surface area contributed by atoms with Gasteiger partial charge in [0.15, 0.2) is 11.5 Å². The zero-order valence-electron chi connectivity index (χ0n) is 18.5. The van der Waals surface area contributed by atoms with Crippen LogP contribution in [-0.4, -0.2) is 65.0 Å². The molecular weight excluding hydrogens is 545 g/mol. The maximum absolute atomic E-state index is 13.6. The minimum atomic E-state index is -4.72. The maximum Gasteiger partial charge on any atom is 0.419 e. The molecule has 1 saturated heterocycles. The molecule has 0 amide bonds. The molecule has 8 nitrogen and oxygen atoms in total. The van der Waals surface area contributed by atoms with Crippen molar-refractivity contribution in [2.45, 2.75) is 29.6 Å². The van der Waals surface area contributed by atoms with Crippen LogP contribution in [0.1, 0.15) is 12.0 Å². The molecule has 0 saturated carbocycles. The highest BCUT2D eigenvalue weighted by molar-refractivity contribution is 9.10. The van der Waals surface area contributed by atoms with Gasteiger partial charge in [-0.2, -0.15) is 13.2 Å². The van der Waals surface area contributed by atoms with E-state index in [4.69, 9.17) is 14.2 Å².